The second kappa shape index (κ2) is 6.67. The molecule has 0 spiro atoms. The van der Waals surface area contributed by atoms with Crippen molar-refractivity contribution in [2.24, 2.45) is 11.8 Å². The molecule has 1 N–H and O–H groups in total. The van der Waals surface area contributed by atoms with Gasteiger partial charge in [-0.05, 0) is 38.0 Å². The van der Waals surface area contributed by atoms with Gasteiger partial charge in [0.05, 0.1) is 0 Å². The normalized spacial score (nSPS) is 29.6. The quantitative estimate of drug-likeness (QED) is 0.789. The van der Waals surface area contributed by atoms with E-state index in [2.05, 4.69) is 11.8 Å². The standard InChI is InChI=1S/C15H27NO2/c1-12-6-7-15(18)13(10-12)11-16(8-3-9-17)14-4-2-5-14/h12-14,17H,2-11H2,1H3. The number of carbonyl (C=O) groups is 1. The molecule has 3 nitrogen and oxygen atoms in total. The highest BCUT2D eigenvalue weighted by molar-refractivity contribution is 5.81. The smallest absolute Gasteiger partial charge is 0.137 e. The highest BCUT2D eigenvalue weighted by Crippen LogP contribution is 2.30. The van der Waals surface area contributed by atoms with Crippen LogP contribution in [-0.4, -0.2) is 41.5 Å². The first-order valence-electron chi connectivity index (χ1n) is 7.58. The van der Waals surface area contributed by atoms with E-state index in [1.165, 1.54) is 19.3 Å². The third-order valence-corrected chi connectivity index (χ3v) is 4.68. The Morgan fingerprint density at radius 1 is 1.33 bits per heavy atom. The van der Waals surface area contributed by atoms with E-state index in [4.69, 9.17) is 5.11 Å². The van der Waals surface area contributed by atoms with Crippen LogP contribution in [0.5, 0.6) is 0 Å². The fourth-order valence-electron chi connectivity index (χ4n) is 3.24. The first-order chi connectivity index (χ1) is 8.70. The molecule has 2 rings (SSSR count). The lowest BCUT2D eigenvalue weighted by molar-refractivity contribution is -0.126. The van der Waals surface area contributed by atoms with Gasteiger partial charge in [0.15, 0.2) is 0 Å². The molecule has 0 aliphatic heterocycles. The van der Waals surface area contributed by atoms with Gasteiger partial charge in [0.1, 0.15) is 5.78 Å². The Morgan fingerprint density at radius 2 is 2.11 bits per heavy atom. The number of aliphatic hydroxyl groups is 1. The summed E-state index contributed by atoms with van der Waals surface area (Å²) in [5, 5.41) is 8.99. The first kappa shape index (κ1) is 14.0. The van der Waals surface area contributed by atoms with Crippen LogP contribution in [-0.2, 0) is 4.79 Å². The van der Waals surface area contributed by atoms with Crippen LogP contribution in [0.4, 0.5) is 0 Å². The van der Waals surface area contributed by atoms with Crippen LogP contribution < -0.4 is 0 Å². The lowest BCUT2D eigenvalue weighted by atomic mass is 9.80. The molecule has 3 heteroatoms. The fraction of sp³-hybridized carbons (Fsp3) is 0.933. The van der Waals surface area contributed by atoms with Gasteiger partial charge < -0.3 is 5.11 Å². The number of aliphatic hydroxyl groups excluding tert-OH is 1. The summed E-state index contributed by atoms with van der Waals surface area (Å²) in [5.41, 5.74) is 0. The monoisotopic (exact) mass is 253 g/mol. The van der Waals surface area contributed by atoms with Crippen molar-refractivity contribution >= 4 is 5.78 Å². The number of hydrogen-bond donors (Lipinski definition) is 1. The zero-order valence-electron chi connectivity index (χ0n) is 11.6. The number of ketones is 1. The van der Waals surface area contributed by atoms with Gasteiger partial charge in [-0.2, -0.15) is 0 Å². The molecule has 0 bridgehead atoms. The molecule has 2 atom stereocenters. The molecular weight excluding hydrogens is 226 g/mol. The van der Waals surface area contributed by atoms with Gasteiger partial charge in [0.25, 0.3) is 0 Å². The van der Waals surface area contributed by atoms with Crippen LogP contribution >= 0.6 is 0 Å². The van der Waals surface area contributed by atoms with Gasteiger partial charge in [-0.15, -0.1) is 0 Å². The maximum atomic E-state index is 12.0. The third kappa shape index (κ3) is 3.55. The Kier molecular flexibility index (Phi) is 5.19. The SMILES string of the molecule is CC1CCC(=O)C(CN(CCCO)C2CCC2)C1. The van der Waals surface area contributed by atoms with E-state index in [1.807, 2.05) is 0 Å². The van der Waals surface area contributed by atoms with Crippen LogP contribution in [0.1, 0.15) is 51.9 Å². The lowest BCUT2D eigenvalue weighted by Gasteiger charge is -2.40. The second-order valence-electron chi connectivity index (χ2n) is 6.20. The van der Waals surface area contributed by atoms with E-state index in [0.29, 0.717) is 17.7 Å². The molecule has 0 aromatic heterocycles. The summed E-state index contributed by atoms with van der Waals surface area (Å²) in [4.78, 5) is 14.5. The topological polar surface area (TPSA) is 40.5 Å². The highest BCUT2D eigenvalue weighted by atomic mass is 16.3. The average Bonchev–Trinajstić information content (AvgIpc) is 2.28. The van der Waals surface area contributed by atoms with Crippen molar-refractivity contribution in [3.63, 3.8) is 0 Å². The average molecular weight is 253 g/mol. The van der Waals surface area contributed by atoms with E-state index in [1.54, 1.807) is 0 Å². The molecule has 2 saturated carbocycles. The number of hydrogen-bond acceptors (Lipinski definition) is 3. The van der Waals surface area contributed by atoms with Gasteiger partial charge in [0, 0.05) is 38.1 Å². The molecule has 0 aromatic rings. The van der Waals surface area contributed by atoms with Crippen LogP contribution in [0.25, 0.3) is 0 Å². The van der Waals surface area contributed by atoms with E-state index in [-0.39, 0.29) is 12.5 Å². The lowest BCUT2D eigenvalue weighted by Crippen LogP contribution is -2.45. The van der Waals surface area contributed by atoms with Crippen molar-refractivity contribution in [1.82, 2.24) is 4.90 Å². The molecule has 2 unspecified atom stereocenters. The predicted octanol–water partition coefficient (Wildman–Crippen LogP) is 2.23. The van der Waals surface area contributed by atoms with Gasteiger partial charge in [-0.1, -0.05) is 13.3 Å². The Bertz CT molecular complexity index is 276. The minimum atomic E-state index is 0.257. The Balaban J connectivity index is 1.87. The molecule has 0 amide bonds. The van der Waals surface area contributed by atoms with Gasteiger partial charge in [-0.25, -0.2) is 0 Å². The summed E-state index contributed by atoms with van der Waals surface area (Å²) in [6, 6.07) is 0.682. The second-order valence-corrected chi connectivity index (χ2v) is 6.20. The molecule has 0 radical (unpaired) electrons. The van der Waals surface area contributed by atoms with E-state index in [0.717, 1.165) is 38.8 Å². The van der Waals surface area contributed by atoms with E-state index >= 15 is 0 Å². The molecule has 2 fully saturated rings. The zero-order valence-corrected chi connectivity index (χ0v) is 11.6. The maximum Gasteiger partial charge on any atom is 0.137 e. The van der Waals surface area contributed by atoms with Crippen molar-refractivity contribution in [1.29, 1.82) is 0 Å². The molecule has 2 aliphatic rings. The summed E-state index contributed by atoms with van der Waals surface area (Å²) in [6.45, 7) is 4.42. The number of carbonyl (C=O) groups excluding carboxylic acids is 1. The Hall–Kier alpha value is -0.410. The summed E-state index contributed by atoms with van der Waals surface area (Å²) in [5.74, 6) is 1.43. The van der Waals surface area contributed by atoms with Crippen LogP contribution in [0.3, 0.4) is 0 Å². The predicted molar refractivity (Wildman–Crippen MR) is 72.4 cm³/mol. The highest BCUT2D eigenvalue weighted by Gasteiger charge is 2.31. The Labute approximate surface area is 111 Å². The molecule has 18 heavy (non-hydrogen) atoms. The molecule has 104 valence electrons. The van der Waals surface area contributed by atoms with Crippen molar-refractivity contribution in [2.75, 3.05) is 19.7 Å². The minimum Gasteiger partial charge on any atom is -0.396 e. The molecular formula is C15H27NO2. The first-order valence-corrected chi connectivity index (χ1v) is 7.58. The summed E-state index contributed by atoms with van der Waals surface area (Å²) in [6.07, 6.45) is 7.66. The van der Waals surface area contributed by atoms with Crippen molar-refractivity contribution in [2.45, 2.75) is 57.9 Å². The third-order valence-electron chi connectivity index (χ3n) is 4.68. The van der Waals surface area contributed by atoms with E-state index in [9.17, 15) is 4.79 Å². The summed E-state index contributed by atoms with van der Waals surface area (Å²) >= 11 is 0. The largest absolute Gasteiger partial charge is 0.396 e. The van der Waals surface area contributed by atoms with Crippen molar-refractivity contribution in [3.05, 3.63) is 0 Å². The van der Waals surface area contributed by atoms with Gasteiger partial charge >= 0.3 is 0 Å². The van der Waals surface area contributed by atoms with Crippen LogP contribution in [0, 0.1) is 11.8 Å². The van der Waals surface area contributed by atoms with Crippen molar-refractivity contribution < 1.29 is 9.90 Å². The number of rotatable bonds is 6. The Morgan fingerprint density at radius 3 is 2.72 bits per heavy atom. The maximum absolute atomic E-state index is 12.0. The zero-order chi connectivity index (χ0) is 13.0. The van der Waals surface area contributed by atoms with Gasteiger partial charge in [0.2, 0.25) is 0 Å². The van der Waals surface area contributed by atoms with Gasteiger partial charge in [-0.3, -0.25) is 9.69 Å². The summed E-state index contributed by atoms with van der Waals surface area (Å²) in [7, 11) is 0. The van der Waals surface area contributed by atoms with Crippen LogP contribution in [0.2, 0.25) is 0 Å². The van der Waals surface area contributed by atoms with Crippen LogP contribution in [0.15, 0.2) is 0 Å². The molecule has 2 aliphatic carbocycles. The number of Topliss-reactive ketones (excluding diaryl/α,β-unsaturated/α-hetero) is 1. The summed E-state index contributed by atoms with van der Waals surface area (Å²) < 4.78 is 0. The number of nitrogens with zero attached hydrogens (tertiary/aromatic N) is 1. The van der Waals surface area contributed by atoms with Crippen molar-refractivity contribution in [3.8, 4) is 0 Å². The molecule has 0 saturated heterocycles. The minimum absolute atomic E-state index is 0.257. The molecule has 0 aromatic carbocycles. The molecule has 0 heterocycles. The van der Waals surface area contributed by atoms with E-state index < -0.39 is 0 Å². The fourth-order valence-corrected chi connectivity index (χ4v) is 3.24.